The van der Waals surface area contributed by atoms with Gasteiger partial charge in [-0.1, -0.05) is 11.3 Å². The van der Waals surface area contributed by atoms with Crippen LogP contribution in [0.4, 0.5) is 13.2 Å². The number of halogens is 3. The highest BCUT2D eigenvalue weighted by molar-refractivity contribution is 7.90. The Balaban J connectivity index is 2.50. The predicted octanol–water partition coefficient (Wildman–Crippen LogP) is 2.47. The normalized spacial score (nSPS) is 31.1. The summed E-state index contributed by atoms with van der Waals surface area (Å²) in [5.41, 5.74) is -1.00. The van der Waals surface area contributed by atoms with Gasteiger partial charge in [0.1, 0.15) is 5.25 Å². The minimum Gasteiger partial charge on any atom is -0.591 e. The van der Waals surface area contributed by atoms with Crippen molar-refractivity contribution in [2.75, 3.05) is 0 Å². The molecular formula is C8H12F3NOS. The van der Waals surface area contributed by atoms with Gasteiger partial charge >= 0.3 is 6.18 Å². The molecule has 0 N–H and O–H groups in total. The Labute approximate surface area is 83.9 Å². The summed E-state index contributed by atoms with van der Waals surface area (Å²) >= 11 is -1.71. The van der Waals surface area contributed by atoms with E-state index in [1.807, 2.05) is 6.92 Å². The summed E-state index contributed by atoms with van der Waals surface area (Å²) in [4.78, 5) is 0. The summed E-state index contributed by atoms with van der Waals surface area (Å²) in [5, 5.41) is -0.178. The molecule has 1 rings (SSSR count). The molecule has 1 fully saturated rings. The van der Waals surface area contributed by atoms with Gasteiger partial charge in [0, 0.05) is 12.8 Å². The number of hydrogen-bond donors (Lipinski definition) is 0. The fourth-order valence-corrected chi connectivity index (χ4v) is 2.76. The molecule has 14 heavy (non-hydrogen) atoms. The number of hydrogen-bond acceptors (Lipinski definition) is 2. The van der Waals surface area contributed by atoms with Crippen LogP contribution in [0.25, 0.3) is 0 Å². The first kappa shape index (κ1) is 11.8. The molecule has 0 aromatic rings. The molecule has 0 saturated heterocycles. The van der Waals surface area contributed by atoms with E-state index >= 15 is 0 Å². The van der Waals surface area contributed by atoms with Crippen LogP contribution in [-0.4, -0.2) is 21.7 Å². The zero-order chi connectivity index (χ0) is 10.9. The Morgan fingerprint density at radius 1 is 1.43 bits per heavy atom. The van der Waals surface area contributed by atoms with Gasteiger partial charge in [-0.15, -0.1) is 0 Å². The Morgan fingerprint density at radius 2 is 1.93 bits per heavy atom. The molecule has 1 saturated carbocycles. The molecule has 82 valence electrons. The molecule has 0 aliphatic heterocycles. The molecule has 1 atom stereocenters. The first-order valence-electron chi connectivity index (χ1n) is 4.34. The van der Waals surface area contributed by atoms with Crippen LogP contribution in [0.1, 0.15) is 26.7 Å². The second-order valence-corrected chi connectivity index (χ2v) is 5.05. The zero-order valence-corrected chi connectivity index (χ0v) is 8.78. The lowest BCUT2D eigenvalue weighted by Gasteiger charge is -2.30. The van der Waals surface area contributed by atoms with E-state index in [1.165, 1.54) is 0 Å². The molecule has 0 unspecified atom stereocenters. The Morgan fingerprint density at radius 3 is 2.29 bits per heavy atom. The highest BCUT2D eigenvalue weighted by Crippen LogP contribution is 2.33. The highest BCUT2D eigenvalue weighted by atomic mass is 32.2. The smallest absolute Gasteiger partial charge is 0.433 e. The summed E-state index contributed by atoms with van der Waals surface area (Å²) in [6, 6.07) is 0. The molecular weight excluding hydrogens is 215 g/mol. The van der Waals surface area contributed by atoms with Gasteiger partial charge in [0.15, 0.2) is 5.71 Å². The maximum Gasteiger partial charge on any atom is 0.433 e. The summed E-state index contributed by atoms with van der Waals surface area (Å²) in [6.45, 7) is 2.83. The molecule has 2 nitrogen and oxygen atoms in total. The highest BCUT2D eigenvalue weighted by Gasteiger charge is 2.39. The molecule has 0 amide bonds. The van der Waals surface area contributed by atoms with Crippen LogP contribution in [-0.2, 0) is 11.4 Å². The van der Waals surface area contributed by atoms with Crippen molar-refractivity contribution in [2.45, 2.75) is 38.1 Å². The van der Waals surface area contributed by atoms with Gasteiger partial charge in [-0.2, -0.15) is 13.2 Å². The van der Waals surface area contributed by atoms with Gasteiger partial charge in [0.25, 0.3) is 0 Å². The largest absolute Gasteiger partial charge is 0.591 e. The molecule has 1 aliphatic rings. The van der Waals surface area contributed by atoms with E-state index in [2.05, 4.69) is 4.40 Å². The van der Waals surface area contributed by atoms with Crippen LogP contribution < -0.4 is 0 Å². The van der Waals surface area contributed by atoms with E-state index in [4.69, 9.17) is 0 Å². The maximum absolute atomic E-state index is 12.0. The summed E-state index contributed by atoms with van der Waals surface area (Å²) in [5.74, 6) is 0.463. The van der Waals surface area contributed by atoms with Gasteiger partial charge in [-0.05, 0) is 12.8 Å². The molecule has 0 radical (unpaired) electrons. The average molecular weight is 227 g/mol. The Bertz CT molecular complexity index is 235. The first-order valence-corrected chi connectivity index (χ1v) is 5.51. The van der Waals surface area contributed by atoms with Crippen LogP contribution in [0.5, 0.6) is 0 Å². The van der Waals surface area contributed by atoms with E-state index in [0.29, 0.717) is 18.8 Å². The minimum absolute atomic E-state index is 0.178. The monoisotopic (exact) mass is 227 g/mol. The molecule has 0 aromatic carbocycles. The van der Waals surface area contributed by atoms with Crippen molar-refractivity contribution >= 4 is 17.1 Å². The van der Waals surface area contributed by atoms with E-state index in [0.717, 1.165) is 6.92 Å². The average Bonchev–Trinajstić information content (AvgIpc) is 1.96. The third-order valence-electron chi connectivity index (χ3n) is 2.25. The fraction of sp³-hybridized carbons (Fsp3) is 0.875. The minimum atomic E-state index is -4.45. The quantitative estimate of drug-likeness (QED) is 0.527. The van der Waals surface area contributed by atoms with Gasteiger partial charge < -0.3 is 4.55 Å². The van der Waals surface area contributed by atoms with Crippen LogP contribution in [0.15, 0.2) is 4.40 Å². The molecule has 0 spiro atoms. The lowest BCUT2D eigenvalue weighted by Crippen LogP contribution is -2.34. The van der Waals surface area contributed by atoms with Crippen molar-refractivity contribution in [1.29, 1.82) is 0 Å². The van der Waals surface area contributed by atoms with E-state index in [9.17, 15) is 17.7 Å². The Hall–Kier alpha value is -0.230. The fourth-order valence-electron chi connectivity index (χ4n) is 1.25. The van der Waals surface area contributed by atoms with Crippen LogP contribution in [0.3, 0.4) is 0 Å². The summed E-state index contributed by atoms with van der Waals surface area (Å²) < 4.78 is 50.4. The van der Waals surface area contributed by atoms with Crippen LogP contribution in [0.2, 0.25) is 0 Å². The second-order valence-electron chi connectivity index (χ2n) is 3.65. The lowest BCUT2D eigenvalue weighted by atomic mass is 9.87. The van der Waals surface area contributed by atoms with Crippen LogP contribution >= 0.6 is 0 Å². The third kappa shape index (κ3) is 2.88. The predicted molar refractivity (Wildman–Crippen MR) is 49.5 cm³/mol. The van der Waals surface area contributed by atoms with E-state index in [1.54, 1.807) is 0 Å². The lowest BCUT2D eigenvalue weighted by molar-refractivity contribution is -0.0590. The van der Waals surface area contributed by atoms with Gasteiger partial charge in [-0.25, -0.2) is 0 Å². The topological polar surface area (TPSA) is 35.4 Å². The van der Waals surface area contributed by atoms with Crippen molar-refractivity contribution in [3.05, 3.63) is 0 Å². The van der Waals surface area contributed by atoms with Crippen molar-refractivity contribution in [3.8, 4) is 0 Å². The van der Waals surface area contributed by atoms with Crippen molar-refractivity contribution in [1.82, 2.24) is 0 Å². The number of alkyl halides is 3. The molecule has 1 aliphatic carbocycles. The van der Waals surface area contributed by atoms with Crippen molar-refractivity contribution in [3.63, 3.8) is 0 Å². The van der Waals surface area contributed by atoms with E-state index < -0.39 is 23.2 Å². The summed E-state index contributed by atoms with van der Waals surface area (Å²) in [7, 11) is 0. The van der Waals surface area contributed by atoms with Crippen molar-refractivity contribution < 1.29 is 17.7 Å². The Kier molecular flexibility index (Phi) is 3.47. The van der Waals surface area contributed by atoms with E-state index in [-0.39, 0.29) is 5.25 Å². The van der Waals surface area contributed by atoms with Crippen molar-refractivity contribution in [2.24, 2.45) is 10.3 Å². The summed E-state index contributed by atoms with van der Waals surface area (Å²) in [6.07, 6.45) is -3.03. The van der Waals surface area contributed by atoms with Crippen LogP contribution in [0, 0.1) is 5.92 Å². The van der Waals surface area contributed by atoms with Gasteiger partial charge in [0.05, 0.1) is 11.4 Å². The van der Waals surface area contributed by atoms with Gasteiger partial charge in [0.2, 0.25) is 0 Å². The number of nitrogens with zero attached hydrogens (tertiary/aromatic N) is 1. The molecule has 0 aromatic heterocycles. The number of rotatable bonds is 2. The van der Waals surface area contributed by atoms with Gasteiger partial charge in [-0.3, -0.25) is 0 Å². The molecule has 6 heteroatoms. The first-order chi connectivity index (χ1) is 6.30. The third-order valence-corrected chi connectivity index (χ3v) is 3.66. The molecule has 0 heterocycles. The standard InChI is InChI=1S/C8H12F3NOS/c1-5-3-7(4-5)14(13)12-6(2)8(9,10)11/h5,7H,3-4H2,1-2H3/b12-6-/t5?,7?,14-/m1/s1. The zero-order valence-electron chi connectivity index (χ0n) is 7.97. The second kappa shape index (κ2) is 4.10. The maximum atomic E-state index is 12.0. The molecule has 0 bridgehead atoms. The SMILES string of the molecule is C/C(=N/[S@+]([O-])C1CC(C)C1)C(F)(F)F.